The van der Waals surface area contributed by atoms with Gasteiger partial charge in [0.25, 0.3) is 0 Å². The quantitative estimate of drug-likeness (QED) is 0.900. The minimum absolute atomic E-state index is 0. The van der Waals surface area contributed by atoms with E-state index >= 15 is 0 Å². The normalized spacial score (nSPS) is 22.0. The number of nitrogens with zero attached hydrogens (tertiary/aromatic N) is 2. The van der Waals surface area contributed by atoms with Crippen molar-refractivity contribution in [1.82, 2.24) is 15.1 Å². The van der Waals surface area contributed by atoms with Crippen LogP contribution < -0.4 is 5.32 Å². The highest BCUT2D eigenvalue weighted by Gasteiger charge is 2.31. The number of likely N-dealkylation sites (tertiary alicyclic amines) is 1. The van der Waals surface area contributed by atoms with E-state index < -0.39 is 11.6 Å². The molecule has 1 amide bonds. The van der Waals surface area contributed by atoms with E-state index in [0.29, 0.717) is 19.1 Å². The van der Waals surface area contributed by atoms with Crippen molar-refractivity contribution in [1.29, 1.82) is 0 Å². The maximum atomic E-state index is 13.7. The summed E-state index contributed by atoms with van der Waals surface area (Å²) >= 11 is 0. The molecule has 3 rings (SSSR count). The Morgan fingerprint density at radius 1 is 1.22 bits per heavy atom. The maximum absolute atomic E-state index is 13.7. The van der Waals surface area contributed by atoms with Crippen molar-refractivity contribution in [2.75, 3.05) is 39.3 Å². The Balaban J connectivity index is 0.00000192. The van der Waals surface area contributed by atoms with Gasteiger partial charge in [-0.3, -0.25) is 9.69 Å². The van der Waals surface area contributed by atoms with E-state index in [0.717, 1.165) is 38.7 Å². The predicted molar refractivity (Wildman–Crippen MR) is 86.7 cm³/mol. The van der Waals surface area contributed by atoms with Gasteiger partial charge in [-0.1, -0.05) is 12.1 Å². The number of amides is 1. The fourth-order valence-corrected chi connectivity index (χ4v) is 3.27. The number of hydrogen-bond acceptors (Lipinski definition) is 3. The van der Waals surface area contributed by atoms with Crippen LogP contribution in [0.3, 0.4) is 0 Å². The Kier molecular flexibility index (Phi) is 6.33. The molecule has 4 nitrogen and oxygen atoms in total. The lowest BCUT2D eigenvalue weighted by molar-refractivity contribution is -0.129. The van der Waals surface area contributed by atoms with Gasteiger partial charge >= 0.3 is 0 Å². The van der Waals surface area contributed by atoms with Crippen LogP contribution in [-0.2, 0) is 11.2 Å². The SMILES string of the molecule is Cl.O=C(Cc1cccc(F)c1F)N1CCC(N2CCNCC2)C1. The molecule has 1 N–H and O–H groups in total. The first-order valence-electron chi connectivity index (χ1n) is 7.80. The van der Waals surface area contributed by atoms with Gasteiger partial charge < -0.3 is 10.2 Å². The molecule has 0 saturated carbocycles. The number of piperazine rings is 1. The van der Waals surface area contributed by atoms with E-state index in [-0.39, 0.29) is 30.3 Å². The number of hydrogen-bond donors (Lipinski definition) is 1. The van der Waals surface area contributed by atoms with Crippen LogP contribution in [0.4, 0.5) is 8.78 Å². The summed E-state index contributed by atoms with van der Waals surface area (Å²) in [5, 5.41) is 3.32. The molecule has 0 bridgehead atoms. The smallest absolute Gasteiger partial charge is 0.227 e. The van der Waals surface area contributed by atoms with Gasteiger partial charge in [-0.15, -0.1) is 12.4 Å². The number of rotatable bonds is 3. The first-order chi connectivity index (χ1) is 10.6. The Labute approximate surface area is 141 Å². The third-order valence-corrected chi connectivity index (χ3v) is 4.56. The van der Waals surface area contributed by atoms with Crippen molar-refractivity contribution in [2.24, 2.45) is 0 Å². The zero-order valence-electron chi connectivity index (χ0n) is 12.9. The number of benzene rings is 1. The molecule has 0 radical (unpaired) electrons. The summed E-state index contributed by atoms with van der Waals surface area (Å²) in [4.78, 5) is 16.5. The standard InChI is InChI=1S/C16H21F2N3O.ClH/c17-14-3-1-2-12(16(14)18)10-15(22)21-7-4-13(11-21)20-8-5-19-6-9-20;/h1-3,13,19H,4-11H2;1H. The van der Waals surface area contributed by atoms with Crippen molar-refractivity contribution in [3.63, 3.8) is 0 Å². The molecule has 2 fully saturated rings. The van der Waals surface area contributed by atoms with Crippen molar-refractivity contribution in [3.8, 4) is 0 Å². The van der Waals surface area contributed by atoms with Gasteiger partial charge in [0.1, 0.15) is 0 Å². The van der Waals surface area contributed by atoms with Crippen LogP contribution in [-0.4, -0.2) is 61.0 Å². The van der Waals surface area contributed by atoms with Gasteiger partial charge in [-0.2, -0.15) is 0 Å². The largest absolute Gasteiger partial charge is 0.341 e. The number of carbonyl (C=O) groups excluding carboxylic acids is 1. The van der Waals surface area contributed by atoms with Crippen LogP contribution in [0.2, 0.25) is 0 Å². The fourth-order valence-electron chi connectivity index (χ4n) is 3.27. The highest BCUT2D eigenvalue weighted by Crippen LogP contribution is 2.19. The van der Waals surface area contributed by atoms with Crippen LogP contribution in [0.5, 0.6) is 0 Å². The Morgan fingerprint density at radius 3 is 2.70 bits per heavy atom. The summed E-state index contributed by atoms with van der Waals surface area (Å²) in [6, 6.07) is 4.37. The average Bonchev–Trinajstić information content (AvgIpc) is 3.03. The van der Waals surface area contributed by atoms with Gasteiger partial charge in [0.15, 0.2) is 11.6 Å². The topological polar surface area (TPSA) is 35.6 Å². The first-order valence-corrected chi connectivity index (χ1v) is 7.80. The van der Waals surface area contributed by atoms with Gasteiger partial charge in [-0.25, -0.2) is 8.78 Å². The molecular formula is C16H22ClF2N3O. The van der Waals surface area contributed by atoms with E-state index in [9.17, 15) is 13.6 Å². The van der Waals surface area contributed by atoms with E-state index in [1.54, 1.807) is 4.90 Å². The molecule has 1 aromatic rings. The molecule has 1 aromatic carbocycles. The Morgan fingerprint density at radius 2 is 1.96 bits per heavy atom. The number of halogens is 3. The molecule has 23 heavy (non-hydrogen) atoms. The summed E-state index contributed by atoms with van der Waals surface area (Å²) in [6.45, 7) is 5.37. The zero-order chi connectivity index (χ0) is 15.5. The summed E-state index contributed by atoms with van der Waals surface area (Å²) in [5.41, 5.74) is 0.135. The molecule has 2 heterocycles. The van der Waals surface area contributed by atoms with Crippen LogP contribution in [0.15, 0.2) is 18.2 Å². The van der Waals surface area contributed by atoms with E-state index in [1.807, 2.05) is 0 Å². The average molecular weight is 346 g/mol. The number of carbonyl (C=O) groups is 1. The molecule has 0 aromatic heterocycles. The second kappa shape index (κ2) is 8.04. The van der Waals surface area contributed by atoms with Crippen molar-refractivity contribution < 1.29 is 13.6 Å². The molecule has 0 aliphatic carbocycles. The highest BCUT2D eigenvalue weighted by atomic mass is 35.5. The first kappa shape index (κ1) is 18.1. The molecule has 2 aliphatic rings. The molecule has 0 spiro atoms. The predicted octanol–water partition coefficient (Wildman–Crippen LogP) is 1.44. The van der Waals surface area contributed by atoms with Crippen LogP contribution >= 0.6 is 12.4 Å². The van der Waals surface area contributed by atoms with Crippen molar-refractivity contribution in [3.05, 3.63) is 35.4 Å². The second-order valence-electron chi connectivity index (χ2n) is 5.96. The fraction of sp³-hybridized carbons (Fsp3) is 0.562. The monoisotopic (exact) mass is 345 g/mol. The lowest BCUT2D eigenvalue weighted by Crippen LogP contribution is -2.49. The summed E-state index contributed by atoms with van der Waals surface area (Å²) in [7, 11) is 0. The van der Waals surface area contributed by atoms with Gasteiger partial charge in [0.2, 0.25) is 5.91 Å². The third-order valence-electron chi connectivity index (χ3n) is 4.56. The summed E-state index contributed by atoms with van der Waals surface area (Å²) in [5.74, 6) is -1.93. The van der Waals surface area contributed by atoms with Gasteiger partial charge in [0, 0.05) is 50.9 Å². The summed E-state index contributed by atoms with van der Waals surface area (Å²) in [6.07, 6.45) is 0.884. The molecule has 2 aliphatic heterocycles. The van der Waals surface area contributed by atoms with Crippen molar-refractivity contribution >= 4 is 18.3 Å². The third kappa shape index (κ3) is 4.19. The molecule has 2 saturated heterocycles. The molecule has 1 atom stereocenters. The lowest BCUT2D eigenvalue weighted by Gasteiger charge is -2.32. The summed E-state index contributed by atoms with van der Waals surface area (Å²) < 4.78 is 26.9. The van der Waals surface area contributed by atoms with Gasteiger partial charge in [0.05, 0.1) is 6.42 Å². The molecule has 128 valence electrons. The molecule has 7 heteroatoms. The number of nitrogens with one attached hydrogen (secondary N) is 1. The maximum Gasteiger partial charge on any atom is 0.227 e. The van der Waals surface area contributed by atoms with Crippen LogP contribution in [0.1, 0.15) is 12.0 Å². The second-order valence-corrected chi connectivity index (χ2v) is 5.96. The minimum Gasteiger partial charge on any atom is -0.341 e. The van der Waals surface area contributed by atoms with Crippen molar-refractivity contribution in [2.45, 2.75) is 18.9 Å². The van der Waals surface area contributed by atoms with E-state index in [4.69, 9.17) is 0 Å². The molecular weight excluding hydrogens is 324 g/mol. The Hall–Kier alpha value is -1.24. The van der Waals surface area contributed by atoms with E-state index in [1.165, 1.54) is 12.1 Å². The Bertz CT molecular complexity index is 552. The van der Waals surface area contributed by atoms with E-state index in [2.05, 4.69) is 10.2 Å². The van der Waals surface area contributed by atoms with Crippen LogP contribution in [0, 0.1) is 11.6 Å². The minimum atomic E-state index is -0.909. The zero-order valence-corrected chi connectivity index (χ0v) is 13.7. The van der Waals surface area contributed by atoms with Gasteiger partial charge in [-0.05, 0) is 12.5 Å². The highest BCUT2D eigenvalue weighted by molar-refractivity contribution is 5.85. The lowest BCUT2D eigenvalue weighted by atomic mass is 10.1. The van der Waals surface area contributed by atoms with Crippen LogP contribution in [0.25, 0.3) is 0 Å². The molecule has 1 unspecified atom stereocenters.